The van der Waals surface area contributed by atoms with Gasteiger partial charge < -0.3 is 19.8 Å². The summed E-state index contributed by atoms with van der Waals surface area (Å²) in [7, 11) is 0. The van der Waals surface area contributed by atoms with E-state index in [-0.39, 0.29) is 23.8 Å². The van der Waals surface area contributed by atoms with Crippen molar-refractivity contribution >= 4 is 11.7 Å². The molecule has 33 heavy (non-hydrogen) atoms. The third-order valence-electron chi connectivity index (χ3n) is 6.56. The zero-order valence-corrected chi connectivity index (χ0v) is 17.5. The van der Waals surface area contributed by atoms with Crippen molar-refractivity contribution in [3.63, 3.8) is 0 Å². The van der Waals surface area contributed by atoms with E-state index in [9.17, 15) is 4.79 Å². The molecular weight excluding hydrogens is 418 g/mol. The molecule has 2 aliphatic heterocycles. The molecule has 5 heterocycles. The van der Waals surface area contributed by atoms with E-state index < -0.39 is 0 Å². The monoisotopic (exact) mass is 437 g/mol. The number of rotatable bonds is 4. The van der Waals surface area contributed by atoms with Gasteiger partial charge in [0.15, 0.2) is 0 Å². The van der Waals surface area contributed by atoms with Crippen molar-refractivity contribution in [3.05, 3.63) is 78.1 Å². The molecule has 162 valence electrons. The van der Waals surface area contributed by atoms with Gasteiger partial charge in [0.2, 0.25) is 5.91 Å². The Hall–Kier alpha value is -4.20. The predicted molar refractivity (Wildman–Crippen MR) is 119 cm³/mol. The van der Waals surface area contributed by atoms with Crippen molar-refractivity contribution in [1.29, 1.82) is 0 Å². The minimum Gasteiger partial charge on any atom is -0.489 e. The average molecular weight is 437 g/mol. The van der Waals surface area contributed by atoms with E-state index in [4.69, 9.17) is 9.47 Å². The summed E-state index contributed by atoms with van der Waals surface area (Å²) in [6.07, 6.45) is 8.21. The fourth-order valence-electron chi connectivity index (χ4n) is 4.89. The van der Waals surface area contributed by atoms with Gasteiger partial charge in [-0.3, -0.25) is 9.78 Å². The number of carbonyl (C=O) groups excluding carboxylic acids is 1. The van der Waals surface area contributed by atoms with Crippen molar-refractivity contribution in [3.8, 4) is 28.5 Å². The molecule has 3 unspecified atom stereocenters. The molecule has 0 saturated heterocycles. The van der Waals surface area contributed by atoms with E-state index in [0.29, 0.717) is 18.7 Å². The number of anilines is 1. The molecule has 2 N–H and O–H groups in total. The average Bonchev–Trinajstić information content (AvgIpc) is 3.17. The molecule has 4 aromatic rings. The molecule has 3 aliphatic rings. The molecule has 1 aromatic carbocycles. The molecule has 1 aliphatic carbocycles. The number of nitrogens with one attached hydrogen (secondary N) is 2. The van der Waals surface area contributed by atoms with Crippen LogP contribution in [0.4, 0.5) is 5.82 Å². The standard InChI is InChI=1S/C25H19N5O3/c31-20-4-2-15-19(7-10-27-24(15)30-20)32-14-1-3-18-16(11-14)21-22(23(21)33-18)25-28-12-17(29-25)13-5-8-26-9-6-13/h1,3,5-12,21-23H,2,4H2,(H,28,29)(H,27,30,31). The highest BCUT2D eigenvalue weighted by Crippen LogP contribution is 2.63. The van der Waals surface area contributed by atoms with Crippen molar-refractivity contribution in [2.75, 3.05) is 5.32 Å². The summed E-state index contributed by atoms with van der Waals surface area (Å²) in [5.41, 5.74) is 4.10. The normalized spacial score (nSPS) is 21.9. The summed E-state index contributed by atoms with van der Waals surface area (Å²) in [4.78, 5) is 28.1. The van der Waals surface area contributed by atoms with Crippen LogP contribution in [0.2, 0.25) is 0 Å². The Kier molecular flexibility index (Phi) is 3.84. The number of aromatic nitrogens is 4. The van der Waals surface area contributed by atoms with Gasteiger partial charge in [0.25, 0.3) is 0 Å². The number of pyridine rings is 2. The topological polar surface area (TPSA) is 102 Å². The zero-order valence-electron chi connectivity index (χ0n) is 17.5. The number of aromatic amines is 1. The second-order valence-electron chi connectivity index (χ2n) is 8.54. The molecular formula is C25H19N5O3. The van der Waals surface area contributed by atoms with Crippen molar-refractivity contribution in [2.24, 2.45) is 0 Å². The van der Waals surface area contributed by atoms with Gasteiger partial charge in [-0.2, -0.15) is 0 Å². The molecule has 8 heteroatoms. The number of carbonyl (C=O) groups is 1. The molecule has 8 nitrogen and oxygen atoms in total. The van der Waals surface area contributed by atoms with Crippen LogP contribution < -0.4 is 14.8 Å². The van der Waals surface area contributed by atoms with E-state index in [1.165, 1.54) is 0 Å². The molecule has 0 radical (unpaired) electrons. The maximum atomic E-state index is 11.7. The highest BCUT2D eigenvalue weighted by Gasteiger charge is 2.61. The second kappa shape index (κ2) is 6.90. The summed E-state index contributed by atoms with van der Waals surface area (Å²) >= 11 is 0. The largest absolute Gasteiger partial charge is 0.489 e. The van der Waals surface area contributed by atoms with Gasteiger partial charge in [-0.05, 0) is 42.8 Å². The molecule has 1 fully saturated rings. The van der Waals surface area contributed by atoms with Crippen LogP contribution in [0.5, 0.6) is 17.2 Å². The van der Waals surface area contributed by atoms with Gasteiger partial charge in [-0.1, -0.05) is 0 Å². The molecule has 1 saturated carbocycles. The summed E-state index contributed by atoms with van der Waals surface area (Å²) in [5.74, 6) is 4.32. The van der Waals surface area contributed by atoms with Crippen LogP contribution in [0.1, 0.15) is 35.2 Å². The summed E-state index contributed by atoms with van der Waals surface area (Å²) in [6.45, 7) is 0. The number of fused-ring (bicyclic) bond motifs is 4. The maximum Gasteiger partial charge on any atom is 0.225 e. The van der Waals surface area contributed by atoms with Crippen LogP contribution >= 0.6 is 0 Å². The summed E-state index contributed by atoms with van der Waals surface area (Å²) in [5, 5.41) is 2.82. The first-order chi connectivity index (χ1) is 16.2. The van der Waals surface area contributed by atoms with Gasteiger partial charge >= 0.3 is 0 Å². The second-order valence-corrected chi connectivity index (χ2v) is 8.54. The molecule has 3 aromatic heterocycles. The number of amides is 1. The third kappa shape index (κ3) is 2.98. The smallest absolute Gasteiger partial charge is 0.225 e. The van der Waals surface area contributed by atoms with Crippen LogP contribution in [0.3, 0.4) is 0 Å². The number of ether oxygens (including phenoxy) is 2. The fraction of sp³-hybridized carbons (Fsp3) is 0.200. The SMILES string of the molecule is O=C1CCc2c(Oc3ccc4c(c3)C3C(O4)C3c3ncc(-c4ccncc4)[nH]3)ccnc2N1. The number of hydrogen-bond acceptors (Lipinski definition) is 6. The highest BCUT2D eigenvalue weighted by atomic mass is 16.5. The van der Waals surface area contributed by atoms with E-state index in [1.807, 2.05) is 36.5 Å². The Morgan fingerprint density at radius 2 is 1.91 bits per heavy atom. The van der Waals surface area contributed by atoms with Gasteiger partial charge in [0.1, 0.15) is 35.0 Å². The van der Waals surface area contributed by atoms with E-state index in [2.05, 4.69) is 31.3 Å². The lowest BCUT2D eigenvalue weighted by Gasteiger charge is -2.19. The Morgan fingerprint density at radius 1 is 1.00 bits per heavy atom. The fourth-order valence-corrected chi connectivity index (χ4v) is 4.89. The van der Waals surface area contributed by atoms with Gasteiger partial charge in [-0.25, -0.2) is 9.97 Å². The predicted octanol–water partition coefficient (Wildman–Crippen LogP) is 4.19. The Bertz CT molecular complexity index is 1400. The Labute approximate surface area is 189 Å². The lowest BCUT2D eigenvalue weighted by atomic mass is 10.1. The van der Waals surface area contributed by atoms with E-state index in [0.717, 1.165) is 45.5 Å². The number of benzene rings is 1. The van der Waals surface area contributed by atoms with Gasteiger partial charge in [0, 0.05) is 47.6 Å². The Balaban J connectivity index is 1.14. The zero-order chi connectivity index (χ0) is 21.9. The highest BCUT2D eigenvalue weighted by molar-refractivity contribution is 5.93. The minimum atomic E-state index is -0.0161. The van der Waals surface area contributed by atoms with Crippen LogP contribution in [0.25, 0.3) is 11.3 Å². The van der Waals surface area contributed by atoms with Crippen LogP contribution in [0.15, 0.2) is 61.2 Å². The number of H-pyrrole nitrogens is 1. The molecule has 7 rings (SSSR count). The van der Waals surface area contributed by atoms with Crippen LogP contribution in [-0.2, 0) is 11.2 Å². The number of nitrogens with zero attached hydrogens (tertiary/aromatic N) is 3. The van der Waals surface area contributed by atoms with E-state index >= 15 is 0 Å². The molecule has 1 amide bonds. The summed E-state index contributed by atoms with van der Waals surface area (Å²) in [6, 6.07) is 11.7. The lowest BCUT2D eigenvalue weighted by Crippen LogP contribution is -2.20. The van der Waals surface area contributed by atoms with Crippen molar-refractivity contribution in [2.45, 2.75) is 30.8 Å². The number of hydrogen-bond donors (Lipinski definition) is 2. The van der Waals surface area contributed by atoms with Gasteiger partial charge in [-0.15, -0.1) is 0 Å². The number of imidazole rings is 1. The van der Waals surface area contributed by atoms with Gasteiger partial charge in [0.05, 0.1) is 17.8 Å². The molecule has 0 spiro atoms. The van der Waals surface area contributed by atoms with Crippen molar-refractivity contribution < 1.29 is 14.3 Å². The Morgan fingerprint density at radius 3 is 2.82 bits per heavy atom. The summed E-state index contributed by atoms with van der Waals surface area (Å²) < 4.78 is 12.4. The van der Waals surface area contributed by atoms with Crippen LogP contribution in [-0.4, -0.2) is 31.9 Å². The molecule has 3 atom stereocenters. The minimum absolute atomic E-state index is 0.0161. The third-order valence-corrected chi connectivity index (χ3v) is 6.56. The van der Waals surface area contributed by atoms with Crippen molar-refractivity contribution in [1.82, 2.24) is 19.9 Å². The lowest BCUT2D eigenvalue weighted by molar-refractivity contribution is -0.116. The quantitative estimate of drug-likeness (QED) is 0.497. The van der Waals surface area contributed by atoms with Crippen LogP contribution in [0, 0.1) is 0 Å². The molecule has 0 bridgehead atoms. The van der Waals surface area contributed by atoms with E-state index in [1.54, 1.807) is 18.6 Å². The first-order valence-electron chi connectivity index (χ1n) is 11.0. The first kappa shape index (κ1) is 18.4. The maximum absolute atomic E-state index is 11.7. The first-order valence-corrected chi connectivity index (χ1v) is 11.0.